The highest BCUT2D eigenvalue weighted by atomic mass is 35.5. The van der Waals surface area contributed by atoms with E-state index in [0.29, 0.717) is 23.7 Å². The van der Waals surface area contributed by atoms with Gasteiger partial charge in [-0.2, -0.15) is 0 Å². The fourth-order valence-electron chi connectivity index (χ4n) is 6.50. The van der Waals surface area contributed by atoms with Crippen LogP contribution in [0.4, 0.5) is 10.1 Å². The lowest BCUT2D eigenvalue weighted by Crippen LogP contribution is -3.16. The Labute approximate surface area is 226 Å². The van der Waals surface area contributed by atoms with Gasteiger partial charge in [-0.25, -0.2) is 4.39 Å². The van der Waals surface area contributed by atoms with E-state index in [9.17, 15) is 14.0 Å². The summed E-state index contributed by atoms with van der Waals surface area (Å²) in [5.74, 6) is -1.49. The minimum Gasteiger partial charge on any atom is -0.320 e. The minimum atomic E-state index is -1.14. The van der Waals surface area contributed by atoms with Crippen LogP contribution in [0.1, 0.15) is 33.0 Å². The molecule has 4 aromatic rings. The van der Waals surface area contributed by atoms with E-state index in [-0.39, 0.29) is 23.4 Å². The van der Waals surface area contributed by atoms with Gasteiger partial charge in [0.1, 0.15) is 11.7 Å². The van der Waals surface area contributed by atoms with Crippen LogP contribution in [0.15, 0.2) is 103 Å². The van der Waals surface area contributed by atoms with Crippen LogP contribution < -0.4 is 9.80 Å². The van der Waals surface area contributed by atoms with Gasteiger partial charge in [0, 0.05) is 16.1 Å². The molecule has 1 fully saturated rings. The van der Waals surface area contributed by atoms with Crippen LogP contribution >= 0.6 is 11.6 Å². The highest BCUT2D eigenvalue weighted by Crippen LogP contribution is 2.51. The number of fused-ring (bicyclic) bond motifs is 2. The second kappa shape index (κ2) is 9.50. The predicted octanol–water partition coefficient (Wildman–Crippen LogP) is 5.03. The molecule has 2 aliphatic rings. The maximum atomic E-state index is 14.7. The average molecular weight is 526 g/mol. The SMILES string of the molecule is C[NH+]1CC(c2ccc(F)cc2)C(C(=O)c2ccccc2)C12C(=O)N(Cc1ccccc1Cl)c1ccccc12. The second-order valence-electron chi connectivity index (χ2n) is 10.2. The molecule has 1 saturated heterocycles. The zero-order valence-corrected chi connectivity index (χ0v) is 21.7. The lowest BCUT2D eigenvalue weighted by Gasteiger charge is -2.33. The summed E-state index contributed by atoms with van der Waals surface area (Å²) in [6, 6.07) is 30.8. The Morgan fingerprint density at radius 3 is 2.34 bits per heavy atom. The molecule has 4 aromatic carbocycles. The lowest BCUT2D eigenvalue weighted by atomic mass is 9.70. The summed E-state index contributed by atoms with van der Waals surface area (Å²) >= 11 is 6.50. The fourth-order valence-corrected chi connectivity index (χ4v) is 6.70. The largest absolute Gasteiger partial charge is 0.320 e. The molecule has 38 heavy (non-hydrogen) atoms. The molecule has 0 radical (unpaired) electrons. The van der Waals surface area contributed by atoms with Gasteiger partial charge in [0.2, 0.25) is 5.54 Å². The highest BCUT2D eigenvalue weighted by Gasteiger charge is 2.70. The summed E-state index contributed by atoms with van der Waals surface area (Å²) in [7, 11) is 1.99. The van der Waals surface area contributed by atoms with Gasteiger partial charge in [0.15, 0.2) is 5.78 Å². The number of nitrogens with zero attached hydrogens (tertiary/aromatic N) is 1. The number of hydrogen-bond donors (Lipinski definition) is 1. The molecule has 1 spiro atoms. The Hall–Kier alpha value is -3.80. The molecular formula is C32H27ClFN2O2+. The Kier molecular flexibility index (Phi) is 6.13. The number of halogens is 2. The number of benzene rings is 4. The third kappa shape index (κ3) is 3.69. The molecule has 4 unspecified atom stereocenters. The number of nitrogens with one attached hydrogen (secondary N) is 1. The summed E-state index contributed by atoms with van der Waals surface area (Å²) in [4.78, 5) is 31.9. The Balaban J connectivity index is 1.54. The van der Waals surface area contributed by atoms with Crippen LogP contribution in [0.2, 0.25) is 5.02 Å². The highest BCUT2D eigenvalue weighted by molar-refractivity contribution is 6.31. The van der Waals surface area contributed by atoms with Crippen molar-refractivity contribution in [3.8, 4) is 0 Å². The molecule has 4 nitrogen and oxygen atoms in total. The van der Waals surface area contributed by atoms with E-state index in [1.54, 1.807) is 29.2 Å². The van der Waals surface area contributed by atoms with E-state index in [4.69, 9.17) is 11.6 Å². The fraction of sp³-hybridized carbons (Fsp3) is 0.188. The average Bonchev–Trinajstić information content (AvgIpc) is 3.38. The number of anilines is 1. The zero-order valence-electron chi connectivity index (χ0n) is 20.9. The van der Waals surface area contributed by atoms with Crippen molar-refractivity contribution in [3.63, 3.8) is 0 Å². The van der Waals surface area contributed by atoms with Crippen LogP contribution in [0, 0.1) is 11.7 Å². The van der Waals surface area contributed by atoms with Gasteiger partial charge in [-0.05, 0) is 35.4 Å². The van der Waals surface area contributed by atoms with E-state index in [2.05, 4.69) is 0 Å². The Morgan fingerprint density at radius 2 is 1.61 bits per heavy atom. The second-order valence-corrected chi connectivity index (χ2v) is 10.6. The lowest BCUT2D eigenvalue weighted by molar-refractivity contribution is -0.918. The molecule has 0 bridgehead atoms. The van der Waals surface area contributed by atoms with Gasteiger partial charge in [0.05, 0.1) is 31.7 Å². The molecule has 0 saturated carbocycles. The number of para-hydroxylation sites is 1. The Morgan fingerprint density at radius 1 is 0.947 bits per heavy atom. The first-order valence-corrected chi connectivity index (χ1v) is 13.1. The summed E-state index contributed by atoms with van der Waals surface area (Å²) in [5.41, 5.74) is 2.76. The molecule has 2 aliphatic heterocycles. The van der Waals surface area contributed by atoms with Gasteiger partial charge >= 0.3 is 0 Å². The summed E-state index contributed by atoms with van der Waals surface area (Å²) in [6.07, 6.45) is 0. The molecule has 1 N–H and O–H groups in total. The molecule has 4 atom stereocenters. The van der Waals surface area contributed by atoms with Crippen LogP contribution in [0.5, 0.6) is 0 Å². The van der Waals surface area contributed by atoms with Crippen LogP contribution in [0.3, 0.4) is 0 Å². The first-order chi connectivity index (χ1) is 18.4. The first kappa shape index (κ1) is 24.5. The van der Waals surface area contributed by atoms with Crippen molar-refractivity contribution in [2.75, 3.05) is 18.5 Å². The number of likely N-dealkylation sites (tertiary alicyclic amines) is 1. The normalized spacial score (nSPS) is 24.1. The molecule has 6 rings (SSSR count). The van der Waals surface area contributed by atoms with Gasteiger partial charge in [-0.3, -0.25) is 9.59 Å². The monoisotopic (exact) mass is 525 g/mol. The van der Waals surface area contributed by atoms with Crippen molar-refractivity contribution in [3.05, 3.63) is 136 Å². The minimum absolute atomic E-state index is 0.0838. The van der Waals surface area contributed by atoms with Gasteiger partial charge in [0.25, 0.3) is 5.91 Å². The quantitative estimate of drug-likeness (QED) is 0.371. The van der Waals surface area contributed by atoms with Gasteiger partial charge in [-0.1, -0.05) is 90.5 Å². The van der Waals surface area contributed by atoms with E-state index >= 15 is 0 Å². The maximum Gasteiger partial charge on any atom is 0.294 e. The van der Waals surface area contributed by atoms with Gasteiger partial charge < -0.3 is 9.80 Å². The summed E-state index contributed by atoms with van der Waals surface area (Å²) in [5, 5.41) is 0.590. The number of amides is 1. The number of rotatable bonds is 5. The number of carbonyl (C=O) groups is 2. The van der Waals surface area contributed by atoms with E-state index in [1.807, 2.05) is 73.8 Å². The molecular weight excluding hydrogens is 499 g/mol. The number of ketones is 1. The third-order valence-corrected chi connectivity index (χ3v) is 8.56. The van der Waals surface area contributed by atoms with E-state index in [1.165, 1.54) is 12.1 Å². The molecule has 0 aliphatic carbocycles. The topological polar surface area (TPSA) is 41.8 Å². The summed E-state index contributed by atoms with van der Waals surface area (Å²) in [6.45, 7) is 0.854. The van der Waals surface area contributed by atoms with Crippen molar-refractivity contribution in [1.29, 1.82) is 0 Å². The molecule has 1 amide bonds. The maximum absolute atomic E-state index is 14.7. The predicted molar refractivity (Wildman–Crippen MR) is 146 cm³/mol. The first-order valence-electron chi connectivity index (χ1n) is 12.8. The molecule has 0 aromatic heterocycles. The van der Waals surface area contributed by atoms with Crippen LogP contribution in [-0.4, -0.2) is 25.3 Å². The number of quaternary nitrogens is 1. The number of Topliss-reactive ketones (excluding diaryl/α,β-unsaturated/α-hetero) is 1. The third-order valence-electron chi connectivity index (χ3n) is 8.20. The van der Waals surface area contributed by atoms with Crippen molar-refractivity contribution < 1.29 is 18.9 Å². The number of hydrogen-bond acceptors (Lipinski definition) is 2. The van der Waals surface area contributed by atoms with E-state index < -0.39 is 11.5 Å². The standard InChI is InChI=1S/C32H26ClFN2O2/c1-35-20-25(21-15-17-24(34)18-16-21)29(30(37)22-9-3-2-4-10-22)32(35)26-12-6-8-14-28(26)36(31(32)38)19-23-11-5-7-13-27(23)33/h2-18,25,29H,19-20H2,1H3/p+1. The summed E-state index contributed by atoms with van der Waals surface area (Å²) < 4.78 is 13.9. The van der Waals surface area contributed by atoms with Gasteiger partial charge in [-0.15, -0.1) is 0 Å². The molecule has 6 heteroatoms. The van der Waals surface area contributed by atoms with Crippen LogP contribution in [-0.2, 0) is 16.9 Å². The zero-order chi connectivity index (χ0) is 26.4. The Bertz CT molecular complexity index is 1520. The van der Waals surface area contributed by atoms with Crippen molar-refractivity contribution in [1.82, 2.24) is 0 Å². The molecule has 190 valence electrons. The van der Waals surface area contributed by atoms with Crippen molar-refractivity contribution in [2.45, 2.75) is 18.0 Å². The number of carbonyl (C=O) groups excluding carboxylic acids is 2. The smallest absolute Gasteiger partial charge is 0.294 e. The van der Waals surface area contributed by atoms with Crippen molar-refractivity contribution >= 4 is 29.0 Å². The van der Waals surface area contributed by atoms with Crippen molar-refractivity contribution in [2.24, 2.45) is 5.92 Å². The molecule has 2 heterocycles. The van der Waals surface area contributed by atoms with Crippen LogP contribution in [0.25, 0.3) is 0 Å². The van der Waals surface area contributed by atoms with E-state index in [0.717, 1.165) is 27.3 Å². The number of likely N-dealkylation sites (N-methyl/N-ethyl adjacent to an activating group) is 1.